The van der Waals surface area contributed by atoms with Gasteiger partial charge < -0.3 is 19.6 Å². The van der Waals surface area contributed by atoms with E-state index < -0.39 is 19.9 Å². The average molecular weight is 396 g/mol. The van der Waals surface area contributed by atoms with Crippen molar-refractivity contribution in [1.82, 2.24) is 0 Å². The topological polar surface area (TPSA) is 113 Å². The molecule has 0 heterocycles. The minimum atomic E-state index is -4.42. The standard InChI is InChI=1S/C18H37O7P/c1-2-3-4-5-6-7-8-9-10-13-17(19)16-18(20)24-14-11-12-15-25-26(21,22)23/h17,19H,2-16H2,1H3,(H2,21,22,23). The van der Waals surface area contributed by atoms with E-state index in [9.17, 15) is 14.5 Å². The zero-order valence-corrected chi connectivity index (χ0v) is 17.0. The molecule has 0 saturated carbocycles. The monoisotopic (exact) mass is 396 g/mol. The molecule has 0 aliphatic rings. The highest BCUT2D eigenvalue weighted by Crippen LogP contribution is 2.35. The fourth-order valence-corrected chi connectivity index (χ4v) is 2.98. The molecule has 0 aromatic rings. The van der Waals surface area contributed by atoms with Crippen molar-refractivity contribution in [3.8, 4) is 0 Å². The van der Waals surface area contributed by atoms with Crippen LogP contribution in [0.5, 0.6) is 0 Å². The second-order valence-corrected chi connectivity index (χ2v) is 7.97. The molecule has 0 amide bonds. The molecule has 0 rings (SSSR count). The molecule has 0 radical (unpaired) electrons. The number of rotatable bonds is 18. The van der Waals surface area contributed by atoms with Gasteiger partial charge in [-0.15, -0.1) is 0 Å². The Kier molecular flexibility index (Phi) is 16.4. The molecular weight excluding hydrogens is 359 g/mol. The van der Waals surface area contributed by atoms with Crippen molar-refractivity contribution in [1.29, 1.82) is 0 Å². The van der Waals surface area contributed by atoms with Gasteiger partial charge in [0.15, 0.2) is 0 Å². The molecular formula is C18H37O7P. The van der Waals surface area contributed by atoms with Crippen LogP contribution in [0.25, 0.3) is 0 Å². The van der Waals surface area contributed by atoms with Gasteiger partial charge in [0.25, 0.3) is 0 Å². The average Bonchev–Trinajstić information content (AvgIpc) is 2.55. The summed E-state index contributed by atoms with van der Waals surface area (Å²) < 4.78 is 19.7. The third-order valence-corrected chi connectivity index (χ3v) is 4.62. The fraction of sp³-hybridized carbons (Fsp3) is 0.944. The molecule has 0 aromatic heterocycles. The fourth-order valence-electron chi connectivity index (χ4n) is 2.62. The van der Waals surface area contributed by atoms with Crippen LogP contribution < -0.4 is 0 Å². The van der Waals surface area contributed by atoms with Gasteiger partial charge >= 0.3 is 13.8 Å². The summed E-state index contributed by atoms with van der Waals surface area (Å²) in [5.41, 5.74) is 0. The van der Waals surface area contributed by atoms with Crippen LogP contribution in [0, 0.1) is 0 Å². The SMILES string of the molecule is CCCCCCCCCCCC(O)CC(=O)OCCCCOP(=O)(O)O. The molecule has 26 heavy (non-hydrogen) atoms. The molecule has 0 saturated heterocycles. The molecule has 0 aliphatic heterocycles. The number of esters is 1. The Balaban J connectivity index is 3.41. The van der Waals surface area contributed by atoms with E-state index in [0.717, 1.165) is 12.8 Å². The number of hydrogen-bond donors (Lipinski definition) is 3. The van der Waals surface area contributed by atoms with E-state index in [0.29, 0.717) is 19.3 Å². The van der Waals surface area contributed by atoms with Gasteiger partial charge in [-0.1, -0.05) is 64.7 Å². The number of carbonyl (C=O) groups is 1. The first kappa shape index (κ1) is 25.5. The summed E-state index contributed by atoms with van der Waals surface area (Å²) in [7, 11) is -4.42. The number of phosphoric ester groups is 1. The number of aliphatic hydroxyl groups excluding tert-OH is 1. The molecule has 156 valence electrons. The van der Waals surface area contributed by atoms with Crippen LogP contribution >= 0.6 is 7.82 Å². The second kappa shape index (κ2) is 16.7. The lowest BCUT2D eigenvalue weighted by Gasteiger charge is -2.10. The molecule has 0 fully saturated rings. The minimum Gasteiger partial charge on any atom is -0.466 e. The second-order valence-electron chi connectivity index (χ2n) is 6.73. The van der Waals surface area contributed by atoms with Crippen molar-refractivity contribution < 1.29 is 33.5 Å². The van der Waals surface area contributed by atoms with Gasteiger partial charge in [0, 0.05) is 0 Å². The van der Waals surface area contributed by atoms with Crippen LogP contribution in [0.15, 0.2) is 0 Å². The summed E-state index contributed by atoms with van der Waals surface area (Å²) in [4.78, 5) is 28.6. The van der Waals surface area contributed by atoms with Crippen LogP contribution in [0.4, 0.5) is 0 Å². The first-order valence-corrected chi connectivity index (χ1v) is 11.4. The number of aliphatic hydroxyl groups is 1. The van der Waals surface area contributed by atoms with E-state index in [2.05, 4.69) is 11.4 Å². The van der Waals surface area contributed by atoms with Gasteiger partial charge in [-0.25, -0.2) is 4.57 Å². The van der Waals surface area contributed by atoms with Gasteiger partial charge in [0.2, 0.25) is 0 Å². The first-order chi connectivity index (χ1) is 12.3. The Morgan fingerprint density at radius 2 is 1.42 bits per heavy atom. The molecule has 3 N–H and O–H groups in total. The van der Waals surface area contributed by atoms with E-state index in [-0.39, 0.29) is 19.6 Å². The zero-order chi connectivity index (χ0) is 19.7. The molecule has 1 atom stereocenters. The van der Waals surface area contributed by atoms with Crippen molar-refractivity contribution in [3.63, 3.8) is 0 Å². The highest BCUT2D eigenvalue weighted by Gasteiger charge is 2.13. The lowest BCUT2D eigenvalue weighted by atomic mass is 10.0. The molecule has 7 nitrogen and oxygen atoms in total. The molecule has 8 heteroatoms. The number of phosphoric acid groups is 1. The summed E-state index contributed by atoms with van der Waals surface area (Å²) in [6.45, 7) is 2.29. The van der Waals surface area contributed by atoms with Gasteiger partial charge in [0.1, 0.15) is 0 Å². The molecule has 0 spiro atoms. The maximum absolute atomic E-state index is 11.6. The third kappa shape index (κ3) is 19.9. The van der Waals surface area contributed by atoms with E-state index in [1.807, 2.05) is 0 Å². The Morgan fingerprint density at radius 1 is 0.885 bits per heavy atom. The summed E-state index contributed by atoms with van der Waals surface area (Å²) in [6, 6.07) is 0. The van der Waals surface area contributed by atoms with Crippen LogP contribution in [0.3, 0.4) is 0 Å². The smallest absolute Gasteiger partial charge is 0.466 e. The van der Waals surface area contributed by atoms with E-state index in [1.165, 1.54) is 44.9 Å². The third-order valence-electron chi connectivity index (χ3n) is 4.10. The maximum atomic E-state index is 11.6. The predicted octanol–water partition coefficient (Wildman–Crippen LogP) is 4.09. The maximum Gasteiger partial charge on any atom is 0.469 e. The number of unbranched alkanes of at least 4 members (excludes halogenated alkanes) is 9. The van der Waals surface area contributed by atoms with Crippen molar-refractivity contribution in [3.05, 3.63) is 0 Å². The lowest BCUT2D eigenvalue weighted by Crippen LogP contribution is -2.16. The summed E-state index contributed by atoms with van der Waals surface area (Å²) >= 11 is 0. The Labute approximate surface area is 157 Å². The van der Waals surface area contributed by atoms with Crippen molar-refractivity contribution in [2.45, 2.75) is 96.5 Å². The van der Waals surface area contributed by atoms with E-state index in [4.69, 9.17) is 14.5 Å². The molecule has 1 unspecified atom stereocenters. The molecule has 0 bridgehead atoms. The van der Waals surface area contributed by atoms with Crippen LogP contribution in [-0.2, 0) is 18.6 Å². The number of carbonyl (C=O) groups excluding carboxylic acids is 1. The van der Waals surface area contributed by atoms with Gasteiger partial charge in [-0.3, -0.25) is 9.32 Å². The van der Waals surface area contributed by atoms with Crippen molar-refractivity contribution in [2.24, 2.45) is 0 Å². The molecule has 0 aromatic carbocycles. The summed E-state index contributed by atoms with van der Waals surface area (Å²) in [5, 5.41) is 9.84. The van der Waals surface area contributed by atoms with Crippen molar-refractivity contribution >= 4 is 13.8 Å². The summed E-state index contributed by atoms with van der Waals surface area (Å²) in [5.74, 6) is -0.440. The predicted molar refractivity (Wildman–Crippen MR) is 101 cm³/mol. The number of ether oxygens (including phenoxy) is 1. The normalized spacial score (nSPS) is 12.9. The number of hydrogen-bond acceptors (Lipinski definition) is 5. The summed E-state index contributed by atoms with van der Waals surface area (Å²) in [6.07, 6.45) is 11.7. The highest BCUT2D eigenvalue weighted by molar-refractivity contribution is 7.46. The van der Waals surface area contributed by atoms with Crippen molar-refractivity contribution in [2.75, 3.05) is 13.2 Å². The quantitative estimate of drug-likeness (QED) is 0.182. The van der Waals surface area contributed by atoms with Crippen LogP contribution in [0.1, 0.15) is 90.4 Å². The van der Waals surface area contributed by atoms with E-state index >= 15 is 0 Å². The van der Waals surface area contributed by atoms with Gasteiger partial charge in [0.05, 0.1) is 25.7 Å². The zero-order valence-electron chi connectivity index (χ0n) is 16.1. The minimum absolute atomic E-state index is 0.00397. The van der Waals surface area contributed by atoms with Gasteiger partial charge in [-0.2, -0.15) is 0 Å². The van der Waals surface area contributed by atoms with Crippen LogP contribution in [0.2, 0.25) is 0 Å². The lowest BCUT2D eigenvalue weighted by molar-refractivity contribution is -0.146. The van der Waals surface area contributed by atoms with Gasteiger partial charge in [-0.05, 0) is 19.3 Å². The largest absolute Gasteiger partial charge is 0.469 e. The highest BCUT2D eigenvalue weighted by atomic mass is 31.2. The Bertz CT molecular complexity index is 384. The first-order valence-electron chi connectivity index (χ1n) is 9.89. The van der Waals surface area contributed by atoms with E-state index in [1.54, 1.807) is 0 Å². The Hall–Kier alpha value is -0.460. The Morgan fingerprint density at radius 3 is 2.00 bits per heavy atom. The molecule has 0 aliphatic carbocycles. The van der Waals surface area contributed by atoms with Crippen LogP contribution in [-0.4, -0.2) is 40.2 Å².